The summed E-state index contributed by atoms with van der Waals surface area (Å²) >= 11 is 0. The predicted molar refractivity (Wildman–Crippen MR) is 57.2 cm³/mol. The lowest BCUT2D eigenvalue weighted by atomic mass is 9.73. The maximum absolute atomic E-state index is 10.2. The van der Waals surface area contributed by atoms with Crippen molar-refractivity contribution in [1.29, 1.82) is 0 Å². The molecule has 0 aliphatic carbocycles. The standard InChI is InChI=1S/C10H23NO4/c1-7(8(13)6-12)10(3,15)9(2,14)4-5-11/h7-8,12-15H,4-6,11H2,1-3H3. The van der Waals surface area contributed by atoms with Gasteiger partial charge in [-0.15, -0.1) is 0 Å². The molecule has 0 saturated carbocycles. The van der Waals surface area contributed by atoms with Gasteiger partial charge in [-0.1, -0.05) is 6.92 Å². The Morgan fingerprint density at radius 2 is 1.73 bits per heavy atom. The lowest BCUT2D eigenvalue weighted by Gasteiger charge is -2.44. The fraction of sp³-hybridized carbons (Fsp3) is 1.00. The zero-order valence-corrected chi connectivity index (χ0v) is 9.64. The third kappa shape index (κ3) is 3.12. The summed E-state index contributed by atoms with van der Waals surface area (Å²) in [7, 11) is 0. The molecular formula is C10H23NO4. The van der Waals surface area contributed by atoms with Crippen molar-refractivity contribution in [3.63, 3.8) is 0 Å². The normalized spacial score (nSPS) is 24.0. The van der Waals surface area contributed by atoms with Gasteiger partial charge in [-0.3, -0.25) is 0 Å². The lowest BCUT2D eigenvalue weighted by molar-refractivity contribution is -0.183. The first-order chi connectivity index (χ1) is 6.70. The summed E-state index contributed by atoms with van der Waals surface area (Å²) in [5.74, 6) is -0.649. The van der Waals surface area contributed by atoms with Crippen LogP contribution in [0.2, 0.25) is 0 Å². The van der Waals surface area contributed by atoms with Gasteiger partial charge in [0.05, 0.1) is 23.9 Å². The summed E-state index contributed by atoms with van der Waals surface area (Å²) in [6.45, 7) is 4.28. The smallest absolute Gasteiger partial charge is 0.0953 e. The minimum absolute atomic E-state index is 0.225. The van der Waals surface area contributed by atoms with Gasteiger partial charge in [-0.2, -0.15) is 0 Å². The molecule has 0 saturated heterocycles. The highest BCUT2D eigenvalue weighted by atomic mass is 16.4. The van der Waals surface area contributed by atoms with Crippen LogP contribution in [0.15, 0.2) is 0 Å². The molecule has 4 unspecified atom stereocenters. The van der Waals surface area contributed by atoms with Crippen molar-refractivity contribution >= 4 is 0 Å². The monoisotopic (exact) mass is 221 g/mol. The predicted octanol–water partition coefficient (Wildman–Crippen LogP) is -1.17. The molecular weight excluding hydrogens is 198 g/mol. The van der Waals surface area contributed by atoms with Crippen LogP contribution in [0, 0.1) is 5.92 Å². The summed E-state index contributed by atoms with van der Waals surface area (Å²) in [4.78, 5) is 0. The third-order valence-corrected chi connectivity index (χ3v) is 3.37. The first kappa shape index (κ1) is 14.8. The Kier molecular flexibility index (Phi) is 5.16. The Morgan fingerprint density at radius 3 is 2.07 bits per heavy atom. The molecule has 0 rings (SSSR count). The summed E-state index contributed by atoms with van der Waals surface area (Å²) in [5.41, 5.74) is 2.44. The molecule has 5 nitrogen and oxygen atoms in total. The summed E-state index contributed by atoms with van der Waals surface area (Å²) in [5, 5.41) is 38.4. The van der Waals surface area contributed by atoms with Crippen molar-refractivity contribution in [2.45, 2.75) is 44.5 Å². The maximum atomic E-state index is 10.2. The van der Waals surface area contributed by atoms with Crippen molar-refractivity contribution in [2.24, 2.45) is 11.7 Å². The number of hydrogen-bond donors (Lipinski definition) is 5. The first-order valence-corrected chi connectivity index (χ1v) is 5.14. The van der Waals surface area contributed by atoms with E-state index in [1.807, 2.05) is 0 Å². The molecule has 0 spiro atoms. The zero-order chi connectivity index (χ0) is 12.3. The molecule has 0 aliphatic rings. The van der Waals surface area contributed by atoms with Crippen LogP contribution in [0.4, 0.5) is 0 Å². The lowest BCUT2D eigenvalue weighted by Crippen LogP contribution is -2.58. The molecule has 6 N–H and O–H groups in total. The minimum Gasteiger partial charge on any atom is -0.394 e. The molecule has 0 aromatic heterocycles. The van der Waals surface area contributed by atoms with E-state index in [-0.39, 0.29) is 13.0 Å². The van der Waals surface area contributed by atoms with E-state index in [0.717, 1.165) is 0 Å². The Bertz CT molecular complexity index is 194. The van der Waals surface area contributed by atoms with Crippen molar-refractivity contribution in [3.8, 4) is 0 Å². The van der Waals surface area contributed by atoms with Gasteiger partial charge in [0.2, 0.25) is 0 Å². The minimum atomic E-state index is -1.51. The number of aliphatic hydroxyl groups is 4. The quantitative estimate of drug-likeness (QED) is 0.388. The van der Waals surface area contributed by atoms with Gasteiger partial charge >= 0.3 is 0 Å². The van der Waals surface area contributed by atoms with Crippen LogP contribution < -0.4 is 5.73 Å². The second kappa shape index (κ2) is 5.23. The Morgan fingerprint density at radius 1 is 1.27 bits per heavy atom. The highest BCUT2D eigenvalue weighted by Gasteiger charge is 2.47. The van der Waals surface area contributed by atoms with Crippen molar-refractivity contribution in [2.75, 3.05) is 13.2 Å². The SMILES string of the molecule is CC(C(O)CO)C(C)(O)C(C)(O)CCN. The topological polar surface area (TPSA) is 107 Å². The van der Waals surface area contributed by atoms with E-state index in [1.54, 1.807) is 6.92 Å². The van der Waals surface area contributed by atoms with Crippen LogP contribution in [0.5, 0.6) is 0 Å². The van der Waals surface area contributed by atoms with Crippen LogP contribution in [0.25, 0.3) is 0 Å². The zero-order valence-electron chi connectivity index (χ0n) is 9.64. The fourth-order valence-corrected chi connectivity index (χ4v) is 1.56. The van der Waals surface area contributed by atoms with Gasteiger partial charge in [-0.05, 0) is 26.8 Å². The second-order valence-corrected chi connectivity index (χ2v) is 4.50. The van der Waals surface area contributed by atoms with Crippen LogP contribution in [0.3, 0.4) is 0 Å². The molecule has 0 aromatic carbocycles. The summed E-state index contributed by atoms with van der Waals surface area (Å²) in [6, 6.07) is 0. The summed E-state index contributed by atoms with van der Waals surface area (Å²) in [6.07, 6.45) is -0.841. The fourth-order valence-electron chi connectivity index (χ4n) is 1.56. The molecule has 0 aliphatic heterocycles. The van der Waals surface area contributed by atoms with Gasteiger partial charge in [0.15, 0.2) is 0 Å². The van der Waals surface area contributed by atoms with Crippen LogP contribution >= 0.6 is 0 Å². The maximum Gasteiger partial charge on any atom is 0.0953 e. The van der Waals surface area contributed by atoms with Crippen LogP contribution in [-0.2, 0) is 0 Å². The molecule has 4 atom stereocenters. The molecule has 0 fully saturated rings. The van der Waals surface area contributed by atoms with Crippen molar-refractivity contribution in [3.05, 3.63) is 0 Å². The molecule has 0 heterocycles. The average Bonchev–Trinajstić information content (AvgIpc) is 2.15. The second-order valence-electron chi connectivity index (χ2n) is 4.50. The third-order valence-electron chi connectivity index (χ3n) is 3.37. The van der Waals surface area contributed by atoms with E-state index in [2.05, 4.69) is 0 Å². The number of rotatable bonds is 6. The van der Waals surface area contributed by atoms with E-state index in [1.165, 1.54) is 13.8 Å². The van der Waals surface area contributed by atoms with Crippen LogP contribution in [-0.4, -0.2) is 50.9 Å². The molecule has 0 aromatic rings. The molecule has 15 heavy (non-hydrogen) atoms. The highest BCUT2D eigenvalue weighted by Crippen LogP contribution is 2.33. The van der Waals surface area contributed by atoms with Crippen LogP contribution in [0.1, 0.15) is 27.2 Å². The van der Waals surface area contributed by atoms with Gasteiger partial charge < -0.3 is 26.2 Å². The van der Waals surface area contributed by atoms with Gasteiger partial charge in [0.1, 0.15) is 0 Å². The van der Waals surface area contributed by atoms with E-state index >= 15 is 0 Å². The van der Waals surface area contributed by atoms with Crippen molar-refractivity contribution in [1.82, 2.24) is 0 Å². The Balaban J connectivity index is 4.78. The van der Waals surface area contributed by atoms with Gasteiger partial charge in [0.25, 0.3) is 0 Å². The molecule has 5 heteroatoms. The molecule has 0 bridgehead atoms. The average molecular weight is 221 g/mol. The largest absolute Gasteiger partial charge is 0.394 e. The van der Waals surface area contributed by atoms with E-state index in [0.29, 0.717) is 0 Å². The van der Waals surface area contributed by atoms with Gasteiger partial charge in [-0.25, -0.2) is 0 Å². The van der Waals surface area contributed by atoms with Crippen molar-refractivity contribution < 1.29 is 20.4 Å². The highest BCUT2D eigenvalue weighted by molar-refractivity contribution is 4.98. The van der Waals surface area contributed by atoms with E-state index < -0.39 is 29.8 Å². The summed E-state index contributed by atoms with van der Waals surface area (Å²) < 4.78 is 0. The number of nitrogens with two attached hydrogens (primary N) is 1. The van der Waals surface area contributed by atoms with E-state index in [4.69, 9.17) is 10.8 Å². The van der Waals surface area contributed by atoms with Gasteiger partial charge in [0, 0.05) is 5.92 Å². The Hall–Kier alpha value is -0.200. The Labute approximate surface area is 90.5 Å². The number of hydrogen-bond acceptors (Lipinski definition) is 5. The molecule has 0 radical (unpaired) electrons. The first-order valence-electron chi connectivity index (χ1n) is 5.14. The molecule has 0 amide bonds. The molecule has 92 valence electrons. The van der Waals surface area contributed by atoms with E-state index in [9.17, 15) is 15.3 Å². The number of aliphatic hydroxyl groups excluding tert-OH is 2.